The van der Waals surface area contributed by atoms with Gasteiger partial charge < -0.3 is 10.2 Å². The number of nitrogens with zero attached hydrogens (tertiary/aromatic N) is 1. The van der Waals surface area contributed by atoms with Crippen LogP contribution in [0, 0.1) is 0 Å². The number of thiophene rings is 1. The fourth-order valence-corrected chi connectivity index (χ4v) is 2.80. The third-order valence-corrected chi connectivity index (χ3v) is 3.82. The summed E-state index contributed by atoms with van der Waals surface area (Å²) in [5.74, 6) is 0.230. The first-order chi connectivity index (χ1) is 7.77. The molecule has 0 unspecified atom stereocenters. The number of likely N-dealkylation sites (N-methyl/N-ethyl adjacent to an activating group) is 1. The maximum Gasteiger partial charge on any atom is 0.239 e. The average Bonchev–Trinajstić information content (AvgIpc) is 2.82. The summed E-state index contributed by atoms with van der Waals surface area (Å²) in [6.45, 7) is 1.71. The number of carbonyl (C=O) groups excluding carboxylic acids is 1. The molecule has 0 saturated carbocycles. The molecule has 1 aromatic heterocycles. The van der Waals surface area contributed by atoms with Gasteiger partial charge in [-0.05, 0) is 30.8 Å². The van der Waals surface area contributed by atoms with Crippen molar-refractivity contribution in [1.82, 2.24) is 10.2 Å². The van der Waals surface area contributed by atoms with Crippen LogP contribution in [-0.2, 0) is 11.3 Å². The SMILES string of the molecule is CN(Cc1cccs1)C(=O)[C@H]1CCCCN1. The van der Waals surface area contributed by atoms with Gasteiger partial charge in [-0.15, -0.1) is 11.3 Å². The number of hydrogen-bond donors (Lipinski definition) is 1. The predicted molar refractivity (Wildman–Crippen MR) is 66.4 cm³/mol. The van der Waals surface area contributed by atoms with Gasteiger partial charge in [0.25, 0.3) is 0 Å². The Morgan fingerprint density at radius 2 is 2.50 bits per heavy atom. The summed E-state index contributed by atoms with van der Waals surface area (Å²) in [7, 11) is 1.89. The highest BCUT2D eigenvalue weighted by molar-refractivity contribution is 7.09. The maximum absolute atomic E-state index is 12.1. The molecule has 4 heteroatoms. The molecule has 1 amide bonds. The molecular weight excluding hydrogens is 220 g/mol. The van der Waals surface area contributed by atoms with Crippen LogP contribution in [0.2, 0.25) is 0 Å². The lowest BCUT2D eigenvalue weighted by atomic mass is 10.0. The van der Waals surface area contributed by atoms with Crippen LogP contribution in [-0.4, -0.2) is 30.4 Å². The second-order valence-corrected chi connectivity index (χ2v) is 5.31. The van der Waals surface area contributed by atoms with Gasteiger partial charge in [-0.2, -0.15) is 0 Å². The highest BCUT2D eigenvalue weighted by Crippen LogP contribution is 2.14. The van der Waals surface area contributed by atoms with Gasteiger partial charge in [0.1, 0.15) is 0 Å². The number of nitrogens with one attached hydrogen (secondary N) is 1. The number of hydrogen-bond acceptors (Lipinski definition) is 3. The Hall–Kier alpha value is -0.870. The van der Waals surface area contributed by atoms with Crippen molar-refractivity contribution in [1.29, 1.82) is 0 Å². The monoisotopic (exact) mass is 238 g/mol. The van der Waals surface area contributed by atoms with Crippen LogP contribution >= 0.6 is 11.3 Å². The van der Waals surface area contributed by atoms with E-state index in [1.54, 1.807) is 11.3 Å². The summed E-state index contributed by atoms with van der Waals surface area (Å²) in [5.41, 5.74) is 0. The molecular formula is C12H18N2OS. The highest BCUT2D eigenvalue weighted by Gasteiger charge is 2.23. The largest absolute Gasteiger partial charge is 0.339 e. The van der Waals surface area contributed by atoms with Gasteiger partial charge in [-0.3, -0.25) is 4.79 Å². The molecule has 1 aromatic rings. The van der Waals surface area contributed by atoms with Crippen molar-refractivity contribution in [2.75, 3.05) is 13.6 Å². The molecule has 16 heavy (non-hydrogen) atoms. The highest BCUT2D eigenvalue weighted by atomic mass is 32.1. The van der Waals surface area contributed by atoms with E-state index in [9.17, 15) is 4.79 Å². The van der Waals surface area contributed by atoms with Crippen LogP contribution < -0.4 is 5.32 Å². The number of amides is 1. The van der Waals surface area contributed by atoms with Gasteiger partial charge in [-0.1, -0.05) is 12.5 Å². The summed E-state index contributed by atoms with van der Waals surface area (Å²) >= 11 is 1.70. The van der Waals surface area contributed by atoms with E-state index in [0.29, 0.717) is 0 Å². The van der Waals surface area contributed by atoms with E-state index >= 15 is 0 Å². The topological polar surface area (TPSA) is 32.3 Å². The quantitative estimate of drug-likeness (QED) is 0.871. The minimum Gasteiger partial charge on any atom is -0.339 e. The van der Waals surface area contributed by atoms with Crippen molar-refractivity contribution in [2.45, 2.75) is 31.8 Å². The third-order valence-electron chi connectivity index (χ3n) is 2.96. The van der Waals surface area contributed by atoms with Gasteiger partial charge >= 0.3 is 0 Å². The van der Waals surface area contributed by atoms with E-state index in [0.717, 1.165) is 25.9 Å². The standard InChI is InChI=1S/C12H18N2OS/c1-14(9-10-5-4-8-16-10)12(15)11-6-2-3-7-13-11/h4-5,8,11,13H,2-3,6-7,9H2,1H3/t11-/m1/s1. The lowest BCUT2D eigenvalue weighted by Crippen LogP contribution is -2.46. The maximum atomic E-state index is 12.1. The first-order valence-corrected chi connectivity index (χ1v) is 6.66. The van der Waals surface area contributed by atoms with Crippen LogP contribution in [0.1, 0.15) is 24.1 Å². The second kappa shape index (κ2) is 5.46. The predicted octanol–water partition coefficient (Wildman–Crippen LogP) is 1.85. The van der Waals surface area contributed by atoms with Gasteiger partial charge in [-0.25, -0.2) is 0 Å². The Morgan fingerprint density at radius 3 is 3.12 bits per heavy atom. The van der Waals surface area contributed by atoms with E-state index in [-0.39, 0.29) is 11.9 Å². The van der Waals surface area contributed by atoms with E-state index in [1.165, 1.54) is 11.3 Å². The summed E-state index contributed by atoms with van der Waals surface area (Å²) in [6, 6.07) is 4.14. The molecule has 88 valence electrons. The van der Waals surface area contributed by atoms with Crippen molar-refractivity contribution in [3.63, 3.8) is 0 Å². The molecule has 3 nitrogen and oxygen atoms in total. The van der Waals surface area contributed by atoms with Gasteiger partial charge in [0.05, 0.1) is 12.6 Å². The Morgan fingerprint density at radius 1 is 1.62 bits per heavy atom. The molecule has 1 saturated heterocycles. The summed E-state index contributed by atoms with van der Waals surface area (Å²) in [6.07, 6.45) is 3.34. The van der Waals surface area contributed by atoms with Crippen LogP contribution in [0.4, 0.5) is 0 Å². The summed E-state index contributed by atoms with van der Waals surface area (Å²) in [4.78, 5) is 15.2. The summed E-state index contributed by atoms with van der Waals surface area (Å²) < 4.78 is 0. The van der Waals surface area contributed by atoms with Crippen molar-refractivity contribution in [3.8, 4) is 0 Å². The number of carbonyl (C=O) groups is 1. The van der Waals surface area contributed by atoms with Crippen LogP contribution in [0.15, 0.2) is 17.5 Å². The van der Waals surface area contributed by atoms with E-state index < -0.39 is 0 Å². The molecule has 0 bridgehead atoms. The normalized spacial score (nSPS) is 20.7. The van der Waals surface area contributed by atoms with E-state index in [2.05, 4.69) is 11.4 Å². The van der Waals surface area contributed by atoms with E-state index in [4.69, 9.17) is 0 Å². The molecule has 0 spiro atoms. The zero-order valence-electron chi connectivity index (χ0n) is 9.61. The van der Waals surface area contributed by atoms with Crippen LogP contribution in [0.25, 0.3) is 0 Å². The zero-order valence-corrected chi connectivity index (χ0v) is 10.4. The van der Waals surface area contributed by atoms with Gasteiger partial charge in [0.15, 0.2) is 0 Å². The molecule has 1 N–H and O–H groups in total. The first-order valence-electron chi connectivity index (χ1n) is 5.78. The molecule has 1 aliphatic rings. The smallest absolute Gasteiger partial charge is 0.239 e. The molecule has 1 aliphatic heterocycles. The fraction of sp³-hybridized carbons (Fsp3) is 0.583. The first kappa shape index (κ1) is 11.6. The van der Waals surface area contributed by atoms with Crippen molar-refractivity contribution in [2.24, 2.45) is 0 Å². The van der Waals surface area contributed by atoms with Crippen LogP contribution in [0.3, 0.4) is 0 Å². The molecule has 0 aliphatic carbocycles. The molecule has 1 fully saturated rings. The van der Waals surface area contributed by atoms with Gasteiger partial charge in [0, 0.05) is 11.9 Å². The zero-order chi connectivity index (χ0) is 11.4. The fourth-order valence-electron chi connectivity index (χ4n) is 2.04. The second-order valence-electron chi connectivity index (χ2n) is 4.28. The van der Waals surface area contributed by atoms with Gasteiger partial charge in [0.2, 0.25) is 5.91 Å². The Bertz CT molecular complexity index is 331. The molecule has 0 aromatic carbocycles. The van der Waals surface area contributed by atoms with E-state index in [1.807, 2.05) is 23.4 Å². The minimum absolute atomic E-state index is 0.0405. The van der Waals surface area contributed by atoms with Crippen LogP contribution in [0.5, 0.6) is 0 Å². The lowest BCUT2D eigenvalue weighted by molar-refractivity contribution is -0.133. The number of rotatable bonds is 3. The Labute approximate surface area is 100 Å². The molecule has 2 rings (SSSR count). The Kier molecular flexibility index (Phi) is 3.96. The summed E-state index contributed by atoms with van der Waals surface area (Å²) in [5, 5.41) is 5.34. The molecule has 0 radical (unpaired) electrons. The number of piperidine rings is 1. The van der Waals surface area contributed by atoms with Crippen molar-refractivity contribution in [3.05, 3.63) is 22.4 Å². The lowest BCUT2D eigenvalue weighted by Gasteiger charge is -2.27. The Balaban J connectivity index is 1.88. The van der Waals surface area contributed by atoms with Crippen molar-refractivity contribution >= 4 is 17.2 Å². The minimum atomic E-state index is 0.0405. The molecule has 1 atom stereocenters. The third kappa shape index (κ3) is 2.83. The van der Waals surface area contributed by atoms with Crippen molar-refractivity contribution < 1.29 is 4.79 Å². The average molecular weight is 238 g/mol. The molecule has 2 heterocycles.